The molecule has 1 aliphatic heterocycles. The second-order valence-electron chi connectivity index (χ2n) is 9.89. The molecule has 0 spiro atoms. The molecule has 0 radical (unpaired) electrons. The molecule has 1 saturated carbocycles. The number of sulfonamides is 1. The van der Waals surface area contributed by atoms with Crippen LogP contribution in [0, 0.1) is 11.8 Å². The van der Waals surface area contributed by atoms with Gasteiger partial charge in [0.05, 0.1) is 25.0 Å². The standard InChI is InChI=1S/C25H40N2O4S/c1-19(2)21-12-14-22(15-13-21)31-18-24-23(26-32(3,29)30)10-7-17-27(24)25(28)16-11-20-8-5-4-6-9-20/h4-6,8-9,19,21-24,26H,7,10-18H2,1-3H3/t21-,22+,23-,24-/m0/s1. The molecule has 2 fully saturated rings. The molecule has 0 bridgehead atoms. The first kappa shape index (κ1) is 25.2. The number of benzene rings is 1. The monoisotopic (exact) mass is 464 g/mol. The minimum Gasteiger partial charge on any atom is -0.376 e. The average molecular weight is 465 g/mol. The van der Waals surface area contributed by atoms with Crippen LogP contribution < -0.4 is 4.72 Å². The predicted molar refractivity (Wildman–Crippen MR) is 128 cm³/mol. The molecule has 1 heterocycles. The van der Waals surface area contributed by atoms with Crippen LogP contribution in [-0.4, -0.2) is 56.8 Å². The van der Waals surface area contributed by atoms with E-state index < -0.39 is 10.0 Å². The van der Waals surface area contributed by atoms with Crippen LogP contribution in [0.5, 0.6) is 0 Å². The highest BCUT2D eigenvalue weighted by Crippen LogP contribution is 2.32. The first-order chi connectivity index (χ1) is 15.2. The summed E-state index contributed by atoms with van der Waals surface area (Å²) in [7, 11) is -3.36. The number of ether oxygens (including phenoxy) is 1. The number of carbonyl (C=O) groups excluding carboxylic acids is 1. The van der Waals surface area contributed by atoms with Crippen molar-refractivity contribution in [2.45, 2.75) is 83.4 Å². The fourth-order valence-corrected chi connectivity index (χ4v) is 6.01. The summed E-state index contributed by atoms with van der Waals surface area (Å²) >= 11 is 0. The Hall–Kier alpha value is -1.44. The summed E-state index contributed by atoms with van der Waals surface area (Å²) in [5, 5.41) is 0. The topological polar surface area (TPSA) is 75.7 Å². The van der Waals surface area contributed by atoms with E-state index in [2.05, 4.69) is 18.6 Å². The molecular formula is C25H40N2O4S. The third-order valence-corrected chi connectivity index (χ3v) is 7.83. The van der Waals surface area contributed by atoms with Gasteiger partial charge in [-0.1, -0.05) is 44.2 Å². The Morgan fingerprint density at radius 1 is 1.12 bits per heavy atom. The molecule has 1 N–H and O–H groups in total. The van der Waals surface area contributed by atoms with Gasteiger partial charge in [0, 0.05) is 19.0 Å². The second-order valence-corrected chi connectivity index (χ2v) is 11.7. The SMILES string of the molecule is CC(C)[C@H]1CC[C@@H](OC[C@H]2[C@@H](NS(C)(=O)=O)CCCN2C(=O)CCc2ccccc2)CC1. The van der Waals surface area contributed by atoms with Crippen molar-refractivity contribution in [2.24, 2.45) is 11.8 Å². The Bertz CT molecular complexity index is 820. The van der Waals surface area contributed by atoms with E-state index >= 15 is 0 Å². The third-order valence-electron chi connectivity index (χ3n) is 7.10. The van der Waals surface area contributed by atoms with Crippen LogP contribution in [0.3, 0.4) is 0 Å². The van der Waals surface area contributed by atoms with Crippen LogP contribution in [0.2, 0.25) is 0 Å². The highest BCUT2D eigenvalue weighted by Gasteiger charge is 2.36. The van der Waals surface area contributed by atoms with Crippen molar-refractivity contribution in [3.63, 3.8) is 0 Å². The number of nitrogens with one attached hydrogen (secondary N) is 1. The maximum atomic E-state index is 13.2. The molecule has 1 aliphatic carbocycles. The molecule has 0 aromatic heterocycles. The lowest BCUT2D eigenvalue weighted by Gasteiger charge is -2.42. The summed E-state index contributed by atoms with van der Waals surface area (Å²) in [5.41, 5.74) is 1.14. The lowest BCUT2D eigenvalue weighted by molar-refractivity contribution is -0.138. The van der Waals surface area contributed by atoms with Gasteiger partial charge in [-0.05, 0) is 62.3 Å². The van der Waals surface area contributed by atoms with E-state index in [4.69, 9.17) is 4.74 Å². The number of piperidine rings is 1. The van der Waals surface area contributed by atoms with E-state index in [9.17, 15) is 13.2 Å². The molecule has 180 valence electrons. The summed E-state index contributed by atoms with van der Waals surface area (Å²) in [4.78, 5) is 15.0. The van der Waals surface area contributed by atoms with Crippen LogP contribution in [-0.2, 0) is 26.0 Å². The van der Waals surface area contributed by atoms with Crippen LogP contribution in [0.15, 0.2) is 30.3 Å². The highest BCUT2D eigenvalue weighted by atomic mass is 32.2. The first-order valence-corrected chi connectivity index (χ1v) is 14.0. The van der Waals surface area contributed by atoms with Crippen molar-refractivity contribution < 1.29 is 17.9 Å². The number of aryl methyl sites for hydroxylation is 1. The Morgan fingerprint density at radius 2 is 1.81 bits per heavy atom. The van der Waals surface area contributed by atoms with E-state index in [1.807, 2.05) is 35.2 Å². The summed E-state index contributed by atoms with van der Waals surface area (Å²) < 4.78 is 33.1. The first-order valence-electron chi connectivity index (χ1n) is 12.1. The summed E-state index contributed by atoms with van der Waals surface area (Å²) in [6.07, 6.45) is 8.46. The largest absolute Gasteiger partial charge is 0.376 e. The van der Waals surface area contributed by atoms with Gasteiger partial charge in [-0.2, -0.15) is 0 Å². The Kier molecular flexibility index (Phi) is 9.14. The molecule has 7 heteroatoms. The van der Waals surface area contributed by atoms with E-state index in [1.165, 1.54) is 19.1 Å². The van der Waals surface area contributed by atoms with Crippen molar-refractivity contribution in [3.05, 3.63) is 35.9 Å². The fourth-order valence-electron chi connectivity index (χ4n) is 5.18. The van der Waals surface area contributed by atoms with Crippen LogP contribution >= 0.6 is 0 Å². The van der Waals surface area contributed by atoms with Gasteiger partial charge in [-0.3, -0.25) is 4.79 Å². The molecule has 2 atom stereocenters. The van der Waals surface area contributed by atoms with Crippen molar-refractivity contribution in [1.82, 2.24) is 9.62 Å². The van der Waals surface area contributed by atoms with Gasteiger partial charge in [-0.25, -0.2) is 13.1 Å². The third kappa shape index (κ3) is 7.56. The van der Waals surface area contributed by atoms with Gasteiger partial charge in [-0.15, -0.1) is 0 Å². The molecule has 1 saturated heterocycles. The smallest absolute Gasteiger partial charge is 0.223 e. The maximum absolute atomic E-state index is 13.2. The van der Waals surface area contributed by atoms with Gasteiger partial charge < -0.3 is 9.64 Å². The number of nitrogens with zero attached hydrogens (tertiary/aromatic N) is 1. The lowest BCUT2D eigenvalue weighted by atomic mass is 9.80. The summed E-state index contributed by atoms with van der Waals surface area (Å²) in [5.74, 6) is 1.54. The fraction of sp³-hybridized carbons (Fsp3) is 0.720. The predicted octanol–water partition coefficient (Wildman–Crippen LogP) is 3.76. The highest BCUT2D eigenvalue weighted by molar-refractivity contribution is 7.88. The van der Waals surface area contributed by atoms with E-state index in [-0.39, 0.29) is 24.1 Å². The lowest BCUT2D eigenvalue weighted by Crippen LogP contribution is -2.59. The second kappa shape index (κ2) is 11.6. The Labute approximate surface area is 194 Å². The van der Waals surface area contributed by atoms with E-state index in [1.54, 1.807) is 0 Å². The molecule has 6 nitrogen and oxygen atoms in total. The zero-order valence-electron chi connectivity index (χ0n) is 19.8. The van der Waals surface area contributed by atoms with Crippen LogP contribution in [0.1, 0.15) is 64.4 Å². The summed E-state index contributed by atoms with van der Waals surface area (Å²) in [6, 6.07) is 9.45. The number of amides is 1. The Morgan fingerprint density at radius 3 is 2.44 bits per heavy atom. The van der Waals surface area contributed by atoms with Crippen LogP contribution in [0.25, 0.3) is 0 Å². The number of carbonyl (C=O) groups is 1. The minimum atomic E-state index is -3.36. The number of hydrogen-bond acceptors (Lipinski definition) is 4. The Balaban J connectivity index is 1.63. The molecule has 0 unspecified atom stereocenters. The zero-order valence-corrected chi connectivity index (χ0v) is 20.6. The van der Waals surface area contributed by atoms with Crippen molar-refractivity contribution in [2.75, 3.05) is 19.4 Å². The number of hydrogen-bond donors (Lipinski definition) is 1. The van der Waals surface area contributed by atoms with Gasteiger partial charge in [0.25, 0.3) is 0 Å². The molecule has 32 heavy (non-hydrogen) atoms. The maximum Gasteiger partial charge on any atom is 0.223 e. The van der Waals surface area contributed by atoms with E-state index in [0.717, 1.165) is 37.2 Å². The zero-order chi connectivity index (χ0) is 23.1. The van der Waals surface area contributed by atoms with Crippen molar-refractivity contribution in [3.8, 4) is 0 Å². The molecule has 1 amide bonds. The van der Waals surface area contributed by atoms with Gasteiger partial charge in [0.1, 0.15) is 0 Å². The van der Waals surface area contributed by atoms with Crippen LogP contribution in [0.4, 0.5) is 0 Å². The van der Waals surface area contributed by atoms with Crippen molar-refractivity contribution in [1.29, 1.82) is 0 Å². The van der Waals surface area contributed by atoms with Gasteiger partial charge >= 0.3 is 0 Å². The molecule has 2 aliphatic rings. The normalized spacial score (nSPS) is 26.9. The number of likely N-dealkylation sites (tertiary alicyclic amines) is 1. The quantitative estimate of drug-likeness (QED) is 0.604. The van der Waals surface area contributed by atoms with Crippen molar-refractivity contribution >= 4 is 15.9 Å². The average Bonchev–Trinajstić information content (AvgIpc) is 2.76. The molecular weight excluding hydrogens is 424 g/mol. The van der Waals surface area contributed by atoms with Gasteiger partial charge in [0.15, 0.2) is 0 Å². The van der Waals surface area contributed by atoms with E-state index in [0.29, 0.717) is 31.9 Å². The molecule has 1 aromatic carbocycles. The summed E-state index contributed by atoms with van der Waals surface area (Å²) in [6.45, 7) is 5.62. The number of rotatable bonds is 9. The minimum absolute atomic E-state index is 0.0750. The molecule has 1 aromatic rings. The molecule has 3 rings (SSSR count). The van der Waals surface area contributed by atoms with Gasteiger partial charge in [0.2, 0.25) is 15.9 Å².